The summed E-state index contributed by atoms with van der Waals surface area (Å²) in [6, 6.07) is 7.74. The average Bonchev–Trinajstić information content (AvgIpc) is 3.55. The molecule has 1 aromatic heterocycles. The molecule has 1 unspecified atom stereocenters. The third-order valence-corrected chi connectivity index (χ3v) is 8.31. The van der Waals surface area contributed by atoms with E-state index in [1.165, 1.54) is 57.9 Å². The van der Waals surface area contributed by atoms with Crippen molar-refractivity contribution in [1.82, 2.24) is 9.47 Å². The summed E-state index contributed by atoms with van der Waals surface area (Å²) < 4.78 is 7.98. The Kier molecular flexibility index (Phi) is 6.59. The van der Waals surface area contributed by atoms with Gasteiger partial charge >= 0.3 is 0 Å². The average molecular weight is 437 g/mol. The normalized spacial score (nSPS) is 25.5. The SMILES string of the molecule is CCCCCC1C[C@H]2CC[C@@H](C1)N2CCCn1cc(C(=O)C2CC2)c2cccc(OC)c21. The van der Waals surface area contributed by atoms with Crippen LogP contribution in [-0.4, -0.2) is 41.0 Å². The standard InChI is InChI=1S/C28H40N2O2/c1-3-4-5-8-20-17-22-13-14-23(18-20)30(22)16-7-15-29-19-25(28(31)21-11-12-21)24-9-6-10-26(32-2)27(24)29/h6,9-10,19-23H,3-5,7-8,11-18H2,1-2H3/t20?,22-,23+. The van der Waals surface area contributed by atoms with Crippen molar-refractivity contribution in [1.29, 1.82) is 0 Å². The number of piperidine rings is 1. The molecule has 2 aromatic rings. The number of rotatable bonds is 11. The van der Waals surface area contributed by atoms with E-state index in [1.807, 2.05) is 12.1 Å². The lowest BCUT2D eigenvalue weighted by Gasteiger charge is -2.39. The van der Waals surface area contributed by atoms with Gasteiger partial charge in [0, 0.05) is 48.2 Å². The molecule has 5 rings (SSSR count). The van der Waals surface area contributed by atoms with Gasteiger partial charge in [-0.05, 0) is 56.9 Å². The first-order chi connectivity index (χ1) is 15.7. The van der Waals surface area contributed by atoms with Crippen LogP contribution in [0, 0.1) is 11.8 Å². The highest BCUT2D eigenvalue weighted by Crippen LogP contribution is 2.41. The zero-order valence-corrected chi connectivity index (χ0v) is 20.0. The summed E-state index contributed by atoms with van der Waals surface area (Å²) in [4.78, 5) is 15.7. The number of hydrogen-bond acceptors (Lipinski definition) is 3. The number of methoxy groups -OCH3 is 1. The molecular weight excluding hydrogens is 396 g/mol. The van der Waals surface area contributed by atoms with Crippen molar-refractivity contribution in [3.63, 3.8) is 0 Å². The first kappa shape index (κ1) is 22.0. The highest BCUT2D eigenvalue weighted by Gasteiger charge is 2.39. The van der Waals surface area contributed by atoms with Gasteiger partial charge in [0.1, 0.15) is 5.75 Å². The van der Waals surface area contributed by atoms with Crippen LogP contribution < -0.4 is 4.74 Å². The fourth-order valence-corrected chi connectivity index (χ4v) is 6.52. The number of carbonyl (C=O) groups excluding carboxylic acids is 1. The lowest BCUT2D eigenvalue weighted by atomic mass is 9.86. The number of aromatic nitrogens is 1. The lowest BCUT2D eigenvalue weighted by Crippen LogP contribution is -2.43. The van der Waals surface area contributed by atoms with Crippen LogP contribution in [0.2, 0.25) is 0 Å². The molecule has 1 saturated carbocycles. The van der Waals surface area contributed by atoms with Crippen molar-refractivity contribution in [3.05, 3.63) is 30.0 Å². The largest absolute Gasteiger partial charge is 0.495 e. The molecular formula is C28H40N2O2. The molecule has 0 N–H and O–H groups in total. The Hall–Kier alpha value is -1.81. The number of Topliss-reactive ketones (excluding diaryl/α,β-unsaturated/α-hetero) is 1. The highest BCUT2D eigenvalue weighted by molar-refractivity contribution is 6.11. The monoisotopic (exact) mass is 436 g/mol. The summed E-state index contributed by atoms with van der Waals surface area (Å²) in [7, 11) is 1.73. The Balaban J connectivity index is 1.25. The maximum absolute atomic E-state index is 12.9. The van der Waals surface area contributed by atoms with Crippen molar-refractivity contribution in [3.8, 4) is 5.75 Å². The van der Waals surface area contributed by atoms with Gasteiger partial charge in [-0.1, -0.05) is 44.7 Å². The molecule has 4 nitrogen and oxygen atoms in total. The molecule has 2 aliphatic heterocycles. The van der Waals surface area contributed by atoms with Crippen molar-refractivity contribution in [2.45, 2.75) is 96.2 Å². The van der Waals surface area contributed by atoms with Crippen LogP contribution in [0.15, 0.2) is 24.4 Å². The maximum atomic E-state index is 12.9. The van der Waals surface area contributed by atoms with Gasteiger partial charge in [-0.15, -0.1) is 0 Å². The topological polar surface area (TPSA) is 34.5 Å². The summed E-state index contributed by atoms with van der Waals surface area (Å²) in [6.07, 6.45) is 16.6. The molecule has 32 heavy (non-hydrogen) atoms. The summed E-state index contributed by atoms with van der Waals surface area (Å²) in [5.41, 5.74) is 1.99. The van der Waals surface area contributed by atoms with Crippen molar-refractivity contribution >= 4 is 16.7 Å². The number of benzene rings is 1. The maximum Gasteiger partial charge on any atom is 0.168 e. The first-order valence-corrected chi connectivity index (χ1v) is 13.1. The van der Waals surface area contributed by atoms with Crippen LogP contribution >= 0.6 is 0 Å². The van der Waals surface area contributed by atoms with E-state index in [0.717, 1.165) is 66.0 Å². The third-order valence-electron chi connectivity index (χ3n) is 8.31. The van der Waals surface area contributed by atoms with Crippen LogP contribution in [-0.2, 0) is 6.54 Å². The molecule has 3 atom stereocenters. The molecule has 4 heteroatoms. The summed E-state index contributed by atoms with van der Waals surface area (Å²) in [6.45, 7) is 4.43. The van der Waals surface area contributed by atoms with Gasteiger partial charge in [-0.2, -0.15) is 0 Å². The number of fused-ring (bicyclic) bond motifs is 3. The third kappa shape index (κ3) is 4.35. The second-order valence-electron chi connectivity index (χ2n) is 10.5. The minimum absolute atomic E-state index is 0.245. The second-order valence-corrected chi connectivity index (χ2v) is 10.5. The smallest absolute Gasteiger partial charge is 0.168 e. The molecule has 3 aliphatic rings. The van der Waals surface area contributed by atoms with E-state index >= 15 is 0 Å². The van der Waals surface area contributed by atoms with E-state index in [-0.39, 0.29) is 5.92 Å². The molecule has 3 heterocycles. The summed E-state index contributed by atoms with van der Waals surface area (Å²) in [5, 5.41) is 1.06. The van der Waals surface area contributed by atoms with Crippen molar-refractivity contribution < 1.29 is 9.53 Å². The molecule has 1 aromatic carbocycles. The number of ketones is 1. The number of para-hydroxylation sites is 1. The first-order valence-electron chi connectivity index (χ1n) is 13.1. The van der Waals surface area contributed by atoms with Crippen LogP contribution in [0.25, 0.3) is 10.9 Å². The molecule has 2 saturated heterocycles. The van der Waals surface area contributed by atoms with Gasteiger partial charge in [-0.3, -0.25) is 9.69 Å². The van der Waals surface area contributed by atoms with Crippen molar-refractivity contribution in [2.75, 3.05) is 13.7 Å². The molecule has 0 radical (unpaired) electrons. The van der Waals surface area contributed by atoms with Crippen LogP contribution in [0.4, 0.5) is 0 Å². The number of ether oxygens (including phenoxy) is 1. The van der Waals surface area contributed by atoms with E-state index in [2.05, 4.69) is 28.7 Å². The quantitative estimate of drug-likeness (QED) is 0.300. The second kappa shape index (κ2) is 9.59. The van der Waals surface area contributed by atoms with Gasteiger partial charge < -0.3 is 9.30 Å². The van der Waals surface area contributed by atoms with Gasteiger partial charge in [0.15, 0.2) is 5.78 Å². The minimum atomic E-state index is 0.245. The molecule has 0 spiro atoms. The predicted octanol–water partition coefficient (Wildman–Crippen LogP) is 6.46. The van der Waals surface area contributed by atoms with Crippen LogP contribution in [0.1, 0.15) is 87.9 Å². The lowest BCUT2D eigenvalue weighted by molar-refractivity contribution is 0.0965. The highest BCUT2D eigenvalue weighted by atomic mass is 16.5. The van der Waals surface area contributed by atoms with Gasteiger partial charge in [0.2, 0.25) is 0 Å². The number of carbonyl (C=O) groups is 1. The number of hydrogen-bond donors (Lipinski definition) is 0. The number of nitrogens with zero attached hydrogens (tertiary/aromatic N) is 2. The number of aryl methyl sites for hydroxylation is 1. The Bertz CT molecular complexity index is 930. The van der Waals surface area contributed by atoms with Gasteiger partial charge in [0.25, 0.3) is 0 Å². The fraction of sp³-hybridized carbons (Fsp3) is 0.679. The molecule has 3 fully saturated rings. The molecule has 174 valence electrons. The van der Waals surface area contributed by atoms with E-state index in [9.17, 15) is 4.79 Å². The minimum Gasteiger partial charge on any atom is -0.495 e. The Morgan fingerprint density at radius 1 is 1.03 bits per heavy atom. The van der Waals surface area contributed by atoms with E-state index in [1.54, 1.807) is 7.11 Å². The van der Waals surface area contributed by atoms with E-state index < -0.39 is 0 Å². The Labute approximate surface area is 193 Å². The zero-order valence-electron chi connectivity index (χ0n) is 20.0. The molecule has 0 amide bonds. The predicted molar refractivity (Wildman–Crippen MR) is 131 cm³/mol. The zero-order chi connectivity index (χ0) is 22.1. The molecule has 2 bridgehead atoms. The van der Waals surface area contributed by atoms with Crippen LogP contribution in [0.3, 0.4) is 0 Å². The Morgan fingerprint density at radius 3 is 2.50 bits per heavy atom. The van der Waals surface area contributed by atoms with Crippen LogP contribution in [0.5, 0.6) is 5.75 Å². The van der Waals surface area contributed by atoms with E-state index in [4.69, 9.17) is 4.74 Å². The van der Waals surface area contributed by atoms with Gasteiger partial charge in [-0.25, -0.2) is 0 Å². The molecule has 1 aliphatic carbocycles. The fourth-order valence-electron chi connectivity index (χ4n) is 6.52. The Morgan fingerprint density at radius 2 is 1.81 bits per heavy atom. The van der Waals surface area contributed by atoms with Crippen molar-refractivity contribution in [2.24, 2.45) is 11.8 Å². The summed E-state index contributed by atoms with van der Waals surface area (Å²) in [5.74, 6) is 2.41. The number of unbranched alkanes of at least 4 members (excludes halogenated alkanes) is 2. The van der Waals surface area contributed by atoms with Gasteiger partial charge in [0.05, 0.1) is 12.6 Å². The summed E-state index contributed by atoms with van der Waals surface area (Å²) >= 11 is 0. The van der Waals surface area contributed by atoms with E-state index in [0.29, 0.717) is 5.78 Å².